The van der Waals surface area contributed by atoms with Crippen LogP contribution in [0.25, 0.3) is 0 Å². The second-order valence-corrected chi connectivity index (χ2v) is 8.19. The van der Waals surface area contributed by atoms with Gasteiger partial charge in [-0.3, -0.25) is 0 Å². The Morgan fingerprint density at radius 1 is 1.24 bits per heavy atom. The number of aliphatic hydroxyl groups excluding tert-OH is 1. The predicted molar refractivity (Wildman–Crippen MR) is 86.9 cm³/mol. The molecule has 0 aromatic carbocycles. The van der Waals surface area contributed by atoms with Crippen molar-refractivity contribution in [1.29, 1.82) is 0 Å². The number of fused-ring (bicyclic) bond motifs is 4. The highest BCUT2D eigenvalue weighted by Crippen LogP contribution is 2.62. The zero-order valence-corrected chi connectivity index (χ0v) is 13.7. The summed E-state index contributed by atoms with van der Waals surface area (Å²) in [6.07, 6.45) is 13.8. The van der Waals surface area contributed by atoms with Gasteiger partial charge in [-0.05, 0) is 87.9 Å². The molecule has 21 heavy (non-hydrogen) atoms. The number of hydrogen-bond donors (Lipinski definition) is 1. The van der Waals surface area contributed by atoms with Gasteiger partial charge in [0, 0.05) is 0 Å². The van der Waals surface area contributed by atoms with Gasteiger partial charge in [0.05, 0.1) is 6.10 Å². The lowest BCUT2D eigenvalue weighted by molar-refractivity contribution is -0.0472. The van der Waals surface area contributed by atoms with Crippen LogP contribution in [0.1, 0.15) is 71.6 Å². The van der Waals surface area contributed by atoms with E-state index in [4.69, 9.17) is 0 Å². The van der Waals surface area contributed by atoms with Gasteiger partial charge in [0.15, 0.2) is 0 Å². The Kier molecular flexibility index (Phi) is 3.33. The fourth-order valence-electron chi connectivity index (χ4n) is 6.53. The summed E-state index contributed by atoms with van der Waals surface area (Å²) in [5.74, 6) is 2.53. The molecule has 0 spiro atoms. The highest BCUT2D eigenvalue weighted by Gasteiger charge is 2.56. The lowest BCUT2D eigenvalue weighted by atomic mass is 9.53. The molecule has 0 aromatic rings. The van der Waals surface area contributed by atoms with Gasteiger partial charge in [0.2, 0.25) is 0 Å². The van der Waals surface area contributed by atoms with E-state index in [1.165, 1.54) is 51.4 Å². The topological polar surface area (TPSA) is 20.2 Å². The molecule has 4 aliphatic carbocycles. The van der Waals surface area contributed by atoms with E-state index in [1.54, 1.807) is 11.1 Å². The first kappa shape index (κ1) is 14.1. The maximum Gasteiger partial charge on any atom is 0.0599 e. The summed E-state index contributed by atoms with van der Waals surface area (Å²) in [5.41, 5.74) is 5.48. The molecule has 1 N–H and O–H groups in total. The molecule has 0 aliphatic heterocycles. The SMILES string of the molecule is CCC12CCC3C4=C(CCC3C1CCC2O)CC(C)=CC4. The van der Waals surface area contributed by atoms with Gasteiger partial charge in [-0.25, -0.2) is 0 Å². The Balaban J connectivity index is 1.64. The molecule has 5 unspecified atom stereocenters. The summed E-state index contributed by atoms with van der Waals surface area (Å²) < 4.78 is 0. The average molecular weight is 286 g/mol. The fourth-order valence-corrected chi connectivity index (χ4v) is 6.53. The van der Waals surface area contributed by atoms with Crippen LogP contribution < -0.4 is 0 Å². The molecule has 4 rings (SSSR count). The Bertz CT molecular complexity index is 500. The molecule has 1 nitrogen and oxygen atoms in total. The van der Waals surface area contributed by atoms with Crippen molar-refractivity contribution < 1.29 is 5.11 Å². The molecule has 116 valence electrons. The second-order valence-electron chi connectivity index (χ2n) is 8.19. The highest BCUT2D eigenvalue weighted by atomic mass is 16.3. The van der Waals surface area contributed by atoms with Crippen molar-refractivity contribution in [2.24, 2.45) is 23.2 Å². The molecular weight excluding hydrogens is 256 g/mol. The molecule has 0 amide bonds. The van der Waals surface area contributed by atoms with Crippen molar-refractivity contribution in [2.45, 2.75) is 77.7 Å². The van der Waals surface area contributed by atoms with Crippen molar-refractivity contribution in [1.82, 2.24) is 0 Å². The van der Waals surface area contributed by atoms with E-state index >= 15 is 0 Å². The summed E-state index contributed by atoms with van der Waals surface area (Å²) in [5, 5.41) is 10.6. The van der Waals surface area contributed by atoms with Crippen molar-refractivity contribution in [3.05, 3.63) is 22.8 Å². The molecule has 0 aromatic heterocycles. The van der Waals surface area contributed by atoms with Crippen LogP contribution in [0.15, 0.2) is 22.8 Å². The maximum atomic E-state index is 10.6. The number of hydrogen-bond acceptors (Lipinski definition) is 1. The molecule has 2 saturated carbocycles. The van der Waals surface area contributed by atoms with Gasteiger partial charge < -0.3 is 5.11 Å². The second kappa shape index (κ2) is 4.98. The lowest BCUT2D eigenvalue weighted by Gasteiger charge is -2.52. The molecule has 5 atom stereocenters. The van der Waals surface area contributed by atoms with Crippen molar-refractivity contribution in [3.63, 3.8) is 0 Å². The maximum absolute atomic E-state index is 10.6. The van der Waals surface area contributed by atoms with Gasteiger partial charge in [-0.2, -0.15) is 0 Å². The van der Waals surface area contributed by atoms with E-state index in [1.807, 2.05) is 5.57 Å². The third-order valence-electron chi connectivity index (χ3n) is 7.61. The molecular formula is C20H30O. The average Bonchev–Trinajstić information content (AvgIpc) is 2.84. The smallest absolute Gasteiger partial charge is 0.0599 e. The van der Waals surface area contributed by atoms with Gasteiger partial charge >= 0.3 is 0 Å². The van der Waals surface area contributed by atoms with Gasteiger partial charge in [-0.15, -0.1) is 0 Å². The van der Waals surface area contributed by atoms with Crippen LogP contribution in [-0.2, 0) is 0 Å². The molecule has 0 radical (unpaired) electrons. The molecule has 0 heterocycles. The summed E-state index contributed by atoms with van der Waals surface area (Å²) in [4.78, 5) is 0. The van der Waals surface area contributed by atoms with Crippen molar-refractivity contribution in [3.8, 4) is 0 Å². The van der Waals surface area contributed by atoms with Crippen molar-refractivity contribution >= 4 is 0 Å². The quantitative estimate of drug-likeness (QED) is 0.672. The Hall–Kier alpha value is -0.560. The molecule has 0 saturated heterocycles. The third kappa shape index (κ3) is 1.92. The predicted octanol–water partition coefficient (Wildman–Crippen LogP) is 5.01. The normalized spacial score (nSPS) is 45.8. The first-order valence-electron chi connectivity index (χ1n) is 9.20. The van der Waals surface area contributed by atoms with Crippen LogP contribution in [0.5, 0.6) is 0 Å². The third-order valence-corrected chi connectivity index (χ3v) is 7.61. The van der Waals surface area contributed by atoms with E-state index in [0.717, 1.165) is 24.2 Å². The Morgan fingerprint density at radius 3 is 2.90 bits per heavy atom. The van der Waals surface area contributed by atoms with E-state index in [2.05, 4.69) is 19.9 Å². The van der Waals surface area contributed by atoms with Gasteiger partial charge in [0.1, 0.15) is 0 Å². The molecule has 4 aliphatic rings. The van der Waals surface area contributed by atoms with E-state index in [9.17, 15) is 5.11 Å². The van der Waals surface area contributed by atoms with Crippen LogP contribution in [-0.4, -0.2) is 11.2 Å². The number of rotatable bonds is 1. The fraction of sp³-hybridized carbons (Fsp3) is 0.800. The standard InChI is InChI=1S/C20H30O/c1-3-20-11-10-16-15-6-4-13(2)12-14(15)5-7-17(16)18(20)8-9-19(20)21/h4,16-19,21H,3,5-12H2,1-2H3. The zero-order chi connectivity index (χ0) is 14.6. The number of allylic oxidation sites excluding steroid dienone is 4. The molecule has 2 fully saturated rings. The lowest BCUT2D eigenvalue weighted by Crippen LogP contribution is -2.46. The van der Waals surface area contributed by atoms with E-state index < -0.39 is 0 Å². The summed E-state index contributed by atoms with van der Waals surface area (Å²) in [6, 6.07) is 0. The van der Waals surface area contributed by atoms with Crippen LogP contribution >= 0.6 is 0 Å². The van der Waals surface area contributed by atoms with Crippen LogP contribution in [0, 0.1) is 23.2 Å². The van der Waals surface area contributed by atoms with Crippen LogP contribution in [0.3, 0.4) is 0 Å². The van der Waals surface area contributed by atoms with E-state index in [-0.39, 0.29) is 11.5 Å². The zero-order valence-electron chi connectivity index (χ0n) is 13.7. The first-order chi connectivity index (χ1) is 10.2. The minimum atomic E-state index is -0.0164. The van der Waals surface area contributed by atoms with Crippen LogP contribution in [0.4, 0.5) is 0 Å². The van der Waals surface area contributed by atoms with Gasteiger partial charge in [0.25, 0.3) is 0 Å². The van der Waals surface area contributed by atoms with Crippen LogP contribution in [0.2, 0.25) is 0 Å². The monoisotopic (exact) mass is 286 g/mol. The Morgan fingerprint density at radius 2 is 2.10 bits per heavy atom. The summed E-state index contributed by atoms with van der Waals surface area (Å²) >= 11 is 0. The van der Waals surface area contributed by atoms with Crippen molar-refractivity contribution in [2.75, 3.05) is 0 Å². The Labute approximate surface area is 129 Å². The summed E-state index contributed by atoms with van der Waals surface area (Å²) in [7, 11) is 0. The minimum absolute atomic E-state index is 0.0164. The molecule has 1 heteroatoms. The van der Waals surface area contributed by atoms with E-state index in [0.29, 0.717) is 0 Å². The molecule has 0 bridgehead atoms. The first-order valence-corrected chi connectivity index (χ1v) is 9.20. The largest absolute Gasteiger partial charge is 0.393 e. The number of aliphatic hydroxyl groups is 1. The van der Waals surface area contributed by atoms with Gasteiger partial charge in [-0.1, -0.05) is 29.7 Å². The highest BCUT2D eigenvalue weighted by molar-refractivity contribution is 5.33. The summed E-state index contributed by atoms with van der Waals surface area (Å²) in [6.45, 7) is 4.62. The minimum Gasteiger partial charge on any atom is -0.393 e.